The third-order valence-corrected chi connectivity index (χ3v) is 4.43. The summed E-state index contributed by atoms with van der Waals surface area (Å²) in [6.07, 6.45) is 7.53. The minimum atomic E-state index is 0.241. The first kappa shape index (κ1) is 13.8. The van der Waals surface area contributed by atoms with Gasteiger partial charge in [0.25, 0.3) is 0 Å². The molecule has 1 atom stereocenters. The second kappa shape index (κ2) is 6.53. The first-order valence-electron chi connectivity index (χ1n) is 7.37. The van der Waals surface area contributed by atoms with Gasteiger partial charge in [-0.1, -0.05) is 0 Å². The normalized spacial score (nSPS) is 33.6. The van der Waals surface area contributed by atoms with E-state index in [1.54, 1.807) is 0 Å². The van der Waals surface area contributed by atoms with Crippen LogP contribution in [0.15, 0.2) is 0 Å². The van der Waals surface area contributed by atoms with Crippen LogP contribution in [0.5, 0.6) is 0 Å². The van der Waals surface area contributed by atoms with Gasteiger partial charge in [0.1, 0.15) is 0 Å². The molecule has 0 radical (unpaired) electrons. The highest BCUT2D eigenvalue weighted by Crippen LogP contribution is 2.26. The zero-order valence-electron chi connectivity index (χ0n) is 11.5. The molecule has 104 valence electrons. The Morgan fingerprint density at radius 2 is 2.00 bits per heavy atom. The monoisotopic (exact) mass is 253 g/mol. The second-order valence-electron chi connectivity index (χ2n) is 6.13. The minimum Gasteiger partial charge on any atom is -0.352 e. The van der Waals surface area contributed by atoms with Gasteiger partial charge in [0.05, 0.1) is 0 Å². The molecule has 1 saturated heterocycles. The zero-order chi connectivity index (χ0) is 13.0. The quantitative estimate of drug-likeness (QED) is 0.789. The van der Waals surface area contributed by atoms with Crippen molar-refractivity contribution in [1.82, 2.24) is 10.2 Å². The van der Waals surface area contributed by atoms with Crippen LogP contribution in [0.3, 0.4) is 0 Å². The third-order valence-electron chi connectivity index (χ3n) is 4.43. The first-order valence-corrected chi connectivity index (χ1v) is 7.37. The molecule has 0 aromatic rings. The molecule has 1 amide bonds. The molecule has 1 aliphatic heterocycles. The molecule has 3 N–H and O–H groups in total. The van der Waals surface area contributed by atoms with Crippen molar-refractivity contribution in [3.05, 3.63) is 0 Å². The summed E-state index contributed by atoms with van der Waals surface area (Å²) in [6.45, 7) is 2.11. The molecule has 0 aromatic heterocycles. The lowest BCUT2D eigenvalue weighted by Crippen LogP contribution is -2.36. The zero-order valence-corrected chi connectivity index (χ0v) is 11.5. The van der Waals surface area contributed by atoms with E-state index < -0.39 is 0 Å². The largest absolute Gasteiger partial charge is 0.352 e. The van der Waals surface area contributed by atoms with Crippen LogP contribution in [-0.4, -0.2) is 43.0 Å². The topological polar surface area (TPSA) is 58.4 Å². The standard InChI is InChI=1S/C14H27N3O/c1-17-9-8-13(10-17)16-14(18)7-4-11-2-5-12(15)6-3-11/h11-13H,2-10,15H2,1H3,(H,16,18). The van der Waals surface area contributed by atoms with E-state index in [1.807, 2.05) is 0 Å². The van der Waals surface area contributed by atoms with E-state index in [1.165, 1.54) is 12.8 Å². The van der Waals surface area contributed by atoms with Crippen molar-refractivity contribution in [3.8, 4) is 0 Å². The number of carbonyl (C=O) groups is 1. The molecule has 0 aromatic carbocycles. The first-order chi connectivity index (χ1) is 8.63. The molecule has 0 spiro atoms. The summed E-state index contributed by atoms with van der Waals surface area (Å²) in [5.41, 5.74) is 5.89. The fraction of sp³-hybridized carbons (Fsp3) is 0.929. The van der Waals surface area contributed by atoms with Gasteiger partial charge in [-0.05, 0) is 58.0 Å². The van der Waals surface area contributed by atoms with Gasteiger partial charge in [-0.3, -0.25) is 4.79 Å². The average Bonchev–Trinajstić information content (AvgIpc) is 2.74. The van der Waals surface area contributed by atoms with Crippen molar-refractivity contribution in [1.29, 1.82) is 0 Å². The molecular formula is C14H27N3O. The van der Waals surface area contributed by atoms with Gasteiger partial charge in [0.2, 0.25) is 5.91 Å². The van der Waals surface area contributed by atoms with E-state index in [9.17, 15) is 4.79 Å². The Hall–Kier alpha value is -0.610. The summed E-state index contributed by atoms with van der Waals surface area (Å²) in [6, 6.07) is 0.784. The number of hydrogen-bond donors (Lipinski definition) is 2. The van der Waals surface area contributed by atoms with Crippen LogP contribution < -0.4 is 11.1 Å². The summed E-state index contributed by atoms with van der Waals surface area (Å²) in [5, 5.41) is 3.15. The molecule has 2 fully saturated rings. The maximum absolute atomic E-state index is 11.9. The number of hydrogen-bond acceptors (Lipinski definition) is 3. The van der Waals surface area contributed by atoms with Gasteiger partial charge in [0, 0.05) is 25.0 Å². The number of rotatable bonds is 4. The van der Waals surface area contributed by atoms with Crippen molar-refractivity contribution in [3.63, 3.8) is 0 Å². The van der Waals surface area contributed by atoms with Gasteiger partial charge in [-0.15, -0.1) is 0 Å². The van der Waals surface area contributed by atoms with Gasteiger partial charge in [-0.25, -0.2) is 0 Å². The summed E-state index contributed by atoms with van der Waals surface area (Å²) < 4.78 is 0. The van der Waals surface area contributed by atoms with Gasteiger partial charge < -0.3 is 16.0 Å². The van der Waals surface area contributed by atoms with Crippen molar-refractivity contribution in [2.75, 3.05) is 20.1 Å². The lowest BCUT2D eigenvalue weighted by molar-refractivity contribution is -0.122. The van der Waals surface area contributed by atoms with Crippen LogP contribution in [-0.2, 0) is 4.79 Å². The minimum absolute atomic E-state index is 0.241. The molecule has 4 heteroatoms. The molecule has 1 unspecified atom stereocenters. The van der Waals surface area contributed by atoms with Crippen molar-refractivity contribution in [2.45, 2.75) is 57.0 Å². The molecule has 4 nitrogen and oxygen atoms in total. The van der Waals surface area contributed by atoms with Crippen molar-refractivity contribution >= 4 is 5.91 Å². The average molecular weight is 253 g/mol. The summed E-state index contributed by atoms with van der Waals surface area (Å²) >= 11 is 0. The number of nitrogens with two attached hydrogens (primary N) is 1. The van der Waals surface area contributed by atoms with E-state index in [4.69, 9.17) is 5.73 Å². The highest BCUT2D eigenvalue weighted by atomic mass is 16.1. The lowest BCUT2D eigenvalue weighted by atomic mass is 9.84. The number of likely N-dealkylation sites (tertiary alicyclic amines) is 1. The molecule has 2 rings (SSSR count). The number of nitrogens with one attached hydrogen (secondary N) is 1. The Balaban J connectivity index is 1.60. The highest BCUT2D eigenvalue weighted by molar-refractivity contribution is 5.76. The number of likely N-dealkylation sites (N-methyl/N-ethyl adjacent to an activating group) is 1. The molecule has 0 bridgehead atoms. The summed E-state index contributed by atoms with van der Waals surface area (Å²) in [7, 11) is 2.11. The molecule has 1 heterocycles. The van der Waals surface area contributed by atoms with Crippen LogP contribution in [0.2, 0.25) is 0 Å². The Kier molecular flexibility index (Phi) is 5.01. The van der Waals surface area contributed by atoms with Crippen LogP contribution >= 0.6 is 0 Å². The van der Waals surface area contributed by atoms with Crippen molar-refractivity contribution < 1.29 is 4.79 Å². The molecular weight excluding hydrogens is 226 g/mol. The summed E-state index contributed by atoms with van der Waals surface area (Å²) in [5.74, 6) is 0.965. The number of nitrogens with zero attached hydrogens (tertiary/aromatic N) is 1. The SMILES string of the molecule is CN1CCC(NC(=O)CCC2CCC(N)CC2)C1. The summed E-state index contributed by atoms with van der Waals surface area (Å²) in [4.78, 5) is 14.1. The molecule has 18 heavy (non-hydrogen) atoms. The van der Waals surface area contributed by atoms with Gasteiger partial charge in [0.15, 0.2) is 0 Å². The van der Waals surface area contributed by atoms with Crippen LogP contribution in [0, 0.1) is 5.92 Å². The predicted octanol–water partition coefficient (Wildman–Crippen LogP) is 1.10. The van der Waals surface area contributed by atoms with Gasteiger partial charge >= 0.3 is 0 Å². The van der Waals surface area contributed by atoms with Crippen LogP contribution in [0.4, 0.5) is 0 Å². The Morgan fingerprint density at radius 1 is 1.28 bits per heavy atom. The highest BCUT2D eigenvalue weighted by Gasteiger charge is 2.22. The third kappa shape index (κ3) is 4.25. The van der Waals surface area contributed by atoms with Gasteiger partial charge in [-0.2, -0.15) is 0 Å². The number of amides is 1. The maximum atomic E-state index is 11.9. The molecule has 1 saturated carbocycles. The predicted molar refractivity (Wildman–Crippen MR) is 73.2 cm³/mol. The smallest absolute Gasteiger partial charge is 0.220 e. The Morgan fingerprint density at radius 3 is 2.61 bits per heavy atom. The Labute approximate surface area is 110 Å². The second-order valence-corrected chi connectivity index (χ2v) is 6.13. The van der Waals surface area contributed by atoms with Crippen LogP contribution in [0.1, 0.15) is 44.9 Å². The number of carbonyl (C=O) groups excluding carboxylic acids is 1. The fourth-order valence-corrected chi connectivity index (χ4v) is 3.16. The maximum Gasteiger partial charge on any atom is 0.220 e. The molecule has 2 aliphatic rings. The van der Waals surface area contributed by atoms with E-state index in [0.29, 0.717) is 18.5 Å². The van der Waals surface area contributed by atoms with E-state index >= 15 is 0 Å². The van der Waals surface area contributed by atoms with Crippen LogP contribution in [0.25, 0.3) is 0 Å². The van der Waals surface area contributed by atoms with Crippen molar-refractivity contribution in [2.24, 2.45) is 11.7 Å². The van der Waals surface area contributed by atoms with E-state index in [-0.39, 0.29) is 5.91 Å². The fourth-order valence-electron chi connectivity index (χ4n) is 3.16. The Bertz CT molecular complexity index is 274. The molecule has 1 aliphatic carbocycles. The lowest BCUT2D eigenvalue weighted by Gasteiger charge is -2.25. The van der Waals surface area contributed by atoms with E-state index in [0.717, 1.165) is 44.7 Å². The van der Waals surface area contributed by atoms with E-state index in [2.05, 4.69) is 17.3 Å².